The number of halogens is 2. The zero-order valence-corrected chi connectivity index (χ0v) is 14.8. The Morgan fingerprint density at radius 2 is 1.86 bits per heavy atom. The van der Waals surface area contributed by atoms with Gasteiger partial charge in [-0.25, -0.2) is 0 Å². The molecule has 0 saturated heterocycles. The number of thioether (sulfide) groups is 1. The Labute approximate surface area is 145 Å². The highest BCUT2D eigenvalue weighted by Crippen LogP contribution is 2.25. The normalized spacial score (nSPS) is 10.5. The predicted molar refractivity (Wildman–Crippen MR) is 97.2 cm³/mol. The average molecular weight is 354 g/mol. The topological polar surface area (TPSA) is 29.1 Å². The summed E-state index contributed by atoms with van der Waals surface area (Å²) < 4.78 is 0. The van der Waals surface area contributed by atoms with Crippen molar-refractivity contribution in [2.24, 2.45) is 0 Å². The number of nitrogens with one attached hydrogen (secondary N) is 1. The molecule has 0 aliphatic heterocycles. The summed E-state index contributed by atoms with van der Waals surface area (Å²) in [6, 6.07) is 11.5. The van der Waals surface area contributed by atoms with Crippen molar-refractivity contribution in [2.75, 3.05) is 11.1 Å². The smallest absolute Gasteiger partial charge is 0.234 e. The molecule has 1 N–H and O–H groups in total. The van der Waals surface area contributed by atoms with Gasteiger partial charge in [-0.05, 0) is 48.7 Å². The molecule has 2 rings (SSSR count). The van der Waals surface area contributed by atoms with E-state index >= 15 is 0 Å². The van der Waals surface area contributed by atoms with Crippen molar-refractivity contribution in [1.29, 1.82) is 0 Å². The predicted octanol–water partition coefficient (Wildman–Crippen LogP) is 5.48. The van der Waals surface area contributed by atoms with Gasteiger partial charge in [0.1, 0.15) is 0 Å². The van der Waals surface area contributed by atoms with E-state index < -0.39 is 0 Å². The van der Waals surface area contributed by atoms with Crippen LogP contribution in [0.4, 0.5) is 5.69 Å². The van der Waals surface area contributed by atoms with Crippen molar-refractivity contribution < 1.29 is 4.79 Å². The van der Waals surface area contributed by atoms with Crippen LogP contribution in [-0.4, -0.2) is 11.7 Å². The van der Waals surface area contributed by atoms with Crippen molar-refractivity contribution in [3.8, 4) is 0 Å². The second-order valence-electron chi connectivity index (χ2n) is 5.11. The van der Waals surface area contributed by atoms with Crippen molar-refractivity contribution in [2.45, 2.75) is 19.6 Å². The highest BCUT2D eigenvalue weighted by Gasteiger charge is 2.06. The van der Waals surface area contributed by atoms with E-state index in [4.69, 9.17) is 23.2 Å². The Morgan fingerprint density at radius 1 is 1.09 bits per heavy atom. The fraction of sp³-hybridized carbons (Fsp3) is 0.235. The molecular formula is C17H17Cl2NOS. The number of hydrogen-bond acceptors (Lipinski definition) is 2. The van der Waals surface area contributed by atoms with Crippen LogP contribution in [0.1, 0.15) is 16.7 Å². The van der Waals surface area contributed by atoms with Crippen molar-refractivity contribution in [3.05, 3.63) is 63.1 Å². The third-order valence-electron chi connectivity index (χ3n) is 3.15. The number of rotatable bonds is 5. The van der Waals surface area contributed by atoms with Gasteiger partial charge in [0, 0.05) is 11.4 Å². The van der Waals surface area contributed by atoms with Crippen LogP contribution in [0.15, 0.2) is 36.4 Å². The van der Waals surface area contributed by atoms with Gasteiger partial charge < -0.3 is 5.32 Å². The van der Waals surface area contributed by atoms with Gasteiger partial charge in [-0.3, -0.25) is 4.79 Å². The average Bonchev–Trinajstić information content (AvgIpc) is 2.47. The second kappa shape index (κ2) is 7.91. The van der Waals surface area contributed by atoms with Gasteiger partial charge >= 0.3 is 0 Å². The summed E-state index contributed by atoms with van der Waals surface area (Å²) in [6.07, 6.45) is 0. The molecule has 0 atom stereocenters. The van der Waals surface area contributed by atoms with Crippen molar-refractivity contribution in [1.82, 2.24) is 0 Å². The molecule has 0 aliphatic carbocycles. The Morgan fingerprint density at radius 3 is 2.59 bits per heavy atom. The van der Waals surface area contributed by atoms with E-state index in [1.807, 2.05) is 44.2 Å². The molecule has 5 heteroatoms. The van der Waals surface area contributed by atoms with Crippen molar-refractivity contribution in [3.63, 3.8) is 0 Å². The third kappa shape index (κ3) is 4.94. The number of hydrogen-bond donors (Lipinski definition) is 1. The summed E-state index contributed by atoms with van der Waals surface area (Å²) in [5, 5.41) is 4.04. The maximum atomic E-state index is 12.0. The molecule has 0 heterocycles. The van der Waals surface area contributed by atoms with Crippen LogP contribution in [0.2, 0.25) is 10.0 Å². The fourth-order valence-corrected chi connectivity index (χ4v) is 3.04. The van der Waals surface area contributed by atoms with Crippen LogP contribution in [-0.2, 0) is 10.5 Å². The summed E-state index contributed by atoms with van der Waals surface area (Å²) in [7, 11) is 0. The Kier molecular flexibility index (Phi) is 6.18. The first-order valence-corrected chi connectivity index (χ1v) is 8.75. The van der Waals surface area contributed by atoms with E-state index in [1.165, 1.54) is 0 Å². The molecule has 0 bridgehead atoms. The van der Waals surface area contributed by atoms with Gasteiger partial charge in [-0.2, -0.15) is 0 Å². The van der Waals surface area contributed by atoms with Gasteiger partial charge in [0.05, 0.1) is 15.8 Å². The lowest BCUT2D eigenvalue weighted by molar-refractivity contribution is -0.113. The summed E-state index contributed by atoms with van der Waals surface area (Å²) in [4.78, 5) is 12.0. The molecule has 0 saturated carbocycles. The number of carbonyl (C=O) groups is 1. The summed E-state index contributed by atoms with van der Waals surface area (Å²) in [5.41, 5.74) is 4.12. The Hall–Kier alpha value is -1.16. The molecule has 2 aromatic rings. The van der Waals surface area contributed by atoms with E-state index in [1.54, 1.807) is 17.8 Å². The first-order chi connectivity index (χ1) is 10.5. The van der Waals surface area contributed by atoms with E-state index in [9.17, 15) is 4.79 Å². The quantitative estimate of drug-likeness (QED) is 0.770. The minimum Gasteiger partial charge on any atom is -0.325 e. The van der Waals surface area contributed by atoms with E-state index in [2.05, 4.69) is 5.32 Å². The molecule has 0 radical (unpaired) electrons. The van der Waals surface area contributed by atoms with Gasteiger partial charge in [-0.15, -0.1) is 11.8 Å². The zero-order valence-electron chi connectivity index (χ0n) is 12.5. The largest absolute Gasteiger partial charge is 0.325 e. The zero-order chi connectivity index (χ0) is 16.1. The molecule has 2 aromatic carbocycles. The Balaban J connectivity index is 1.85. The van der Waals surface area contributed by atoms with Gasteiger partial charge in [0.2, 0.25) is 5.91 Å². The molecule has 0 aromatic heterocycles. The lowest BCUT2D eigenvalue weighted by atomic mass is 10.1. The fourth-order valence-electron chi connectivity index (χ4n) is 1.95. The standard InChI is InChI=1S/C17H17Cl2NOS/c1-11-3-4-12(2)16(7-11)20-17(21)10-22-9-13-5-6-14(18)15(19)8-13/h3-8H,9-10H2,1-2H3,(H,20,21). The van der Waals surface area contributed by atoms with E-state index in [0.29, 0.717) is 15.8 Å². The second-order valence-corrected chi connectivity index (χ2v) is 6.91. The molecule has 1 amide bonds. The maximum Gasteiger partial charge on any atom is 0.234 e. The van der Waals surface area contributed by atoms with Crippen LogP contribution in [0, 0.1) is 13.8 Å². The number of amides is 1. The first kappa shape index (κ1) is 17.2. The van der Waals surface area contributed by atoms with Crippen LogP contribution in [0.3, 0.4) is 0 Å². The van der Waals surface area contributed by atoms with Gasteiger partial charge in [-0.1, -0.05) is 41.4 Å². The lowest BCUT2D eigenvalue weighted by Crippen LogP contribution is -2.15. The Bertz CT molecular complexity index is 688. The van der Waals surface area contributed by atoms with E-state index in [0.717, 1.165) is 28.1 Å². The molecule has 22 heavy (non-hydrogen) atoms. The highest BCUT2D eigenvalue weighted by atomic mass is 35.5. The summed E-state index contributed by atoms with van der Waals surface area (Å²) in [6.45, 7) is 3.99. The number of anilines is 1. The maximum absolute atomic E-state index is 12.0. The summed E-state index contributed by atoms with van der Waals surface area (Å²) in [5.74, 6) is 1.11. The van der Waals surface area contributed by atoms with Crippen LogP contribution in [0.25, 0.3) is 0 Å². The monoisotopic (exact) mass is 353 g/mol. The minimum absolute atomic E-state index is 0.00115. The number of carbonyl (C=O) groups excluding carboxylic acids is 1. The first-order valence-electron chi connectivity index (χ1n) is 6.84. The number of benzene rings is 2. The molecule has 0 fully saturated rings. The van der Waals surface area contributed by atoms with E-state index in [-0.39, 0.29) is 5.91 Å². The molecule has 0 spiro atoms. The molecule has 116 valence electrons. The van der Waals surface area contributed by atoms with Crippen LogP contribution >= 0.6 is 35.0 Å². The molecule has 2 nitrogen and oxygen atoms in total. The van der Waals surface area contributed by atoms with Crippen LogP contribution < -0.4 is 5.32 Å². The molecule has 0 aliphatic rings. The minimum atomic E-state index is -0.00115. The third-order valence-corrected chi connectivity index (χ3v) is 4.90. The SMILES string of the molecule is Cc1ccc(C)c(NC(=O)CSCc2ccc(Cl)c(Cl)c2)c1. The lowest BCUT2D eigenvalue weighted by Gasteiger charge is -2.09. The highest BCUT2D eigenvalue weighted by molar-refractivity contribution is 7.99. The molecule has 0 unspecified atom stereocenters. The van der Waals surface area contributed by atoms with Crippen LogP contribution in [0.5, 0.6) is 0 Å². The van der Waals surface area contributed by atoms with Gasteiger partial charge in [0.15, 0.2) is 0 Å². The number of aryl methyl sites for hydroxylation is 2. The molecular weight excluding hydrogens is 337 g/mol. The van der Waals surface area contributed by atoms with Crippen molar-refractivity contribution >= 4 is 46.6 Å². The summed E-state index contributed by atoms with van der Waals surface area (Å²) >= 11 is 13.4. The van der Waals surface area contributed by atoms with Gasteiger partial charge in [0.25, 0.3) is 0 Å².